The Morgan fingerprint density at radius 1 is 0.625 bits per heavy atom. The second kappa shape index (κ2) is 18.1. The molecule has 0 aromatic heterocycles. The maximum atomic E-state index is 13.7. The molecule has 0 radical (unpaired) electrons. The van der Waals surface area contributed by atoms with Crippen molar-refractivity contribution in [3.05, 3.63) is 99.1 Å². The van der Waals surface area contributed by atoms with Crippen LogP contribution in [0.1, 0.15) is 84.1 Å². The van der Waals surface area contributed by atoms with Crippen molar-refractivity contribution in [3.8, 4) is 17.9 Å². The molecule has 3 N–H and O–H groups in total. The highest BCUT2D eigenvalue weighted by Crippen LogP contribution is 2.33. The zero-order valence-corrected chi connectivity index (χ0v) is 27.2. The SMILES string of the molecule is Clc1ccc(C2CCNCC2)cc1.N#Cc1ccc(C2CCNCC2)c(F)c1F.N#Cc1ccc(C2CCNCC2)cc1OC(F)(F)F. The van der Waals surface area contributed by atoms with Crippen LogP contribution in [-0.4, -0.2) is 45.6 Å². The van der Waals surface area contributed by atoms with E-state index in [1.807, 2.05) is 12.1 Å². The molecular formula is C36H39ClF5N5O. The van der Waals surface area contributed by atoms with Gasteiger partial charge in [0.1, 0.15) is 17.9 Å². The second-order valence-electron chi connectivity index (χ2n) is 12.0. The Bertz CT molecular complexity index is 1550. The molecule has 0 unspecified atom stereocenters. The average molecular weight is 688 g/mol. The molecule has 0 atom stereocenters. The first-order valence-electron chi connectivity index (χ1n) is 16.1. The van der Waals surface area contributed by atoms with Crippen molar-refractivity contribution in [3.63, 3.8) is 0 Å². The Labute approximate surface area is 283 Å². The molecule has 0 spiro atoms. The summed E-state index contributed by atoms with van der Waals surface area (Å²) in [6.07, 6.45) is 1.08. The van der Waals surface area contributed by atoms with Gasteiger partial charge in [0.05, 0.1) is 11.1 Å². The molecule has 6 rings (SSSR count). The van der Waals surface area contributed by atoms with E-state index < -0.39 is 23.7 Å². The van der Waals surface area contributed by atoms with Gasteiger partial charge in [0.2, 0.25) is 0 Å². The molecule has 3 aliphatic rings. The topological polar surface area (TPSA) is 92.9 Å². The lowest BCUT2D eigenvalue weighted by Crippen LogP contribution is -2.27. The van der Waals surface area contributed by atoms with Gasteiger partial charge in [0.25, 0.3) is 0 Å². The van der Waals surface area contributed by atoms with E-state index in [-0.39, 0.29) is 23.0 Å². The van der Waals surface area contributed by atoms with Crippen LogP contribution in [0.4, 0.5) is 22.0 Å². The maximum absolute atomic E-state index is 13.7. The minimum atomic E-state index is -4.78. The molecule has 0 bridgehead atoms. The predicted octanol–water partition coefficient (Wildman–Crippen LogP) is 8.03. The van der Waals surface area contributed by atoms with Crippen LogP contribution in [0.2, 0.25) is 5.02 Å². The second-order valence-corrected chi connectivity index (χ2v) is 12.4. The summed E-state index contributed by atoms with van der Waals surface area (Å²) in [4.78, 5) is 0. The molecule has 0 saturated carbocycles. The van der Waals surface area contributed by atoms with E-state index >= 15 is 0 Å². The van der Waals surface area contributed by atoms with E-state index in [1.54, 1.807) is 18.2 Å². The van der Waals surface area contributed by atoms with Crippen molar-refractivity contribution in [2.24, 2.45) is 0 Å². The summed E-state index contributed by atoms with van der Waals surface area (Å²) in [5.41, 5.74) is 2.30. The third-order valence-corrected chi connectivity index (χ3v) is 9.11. The van der Waals surface area contributed by atoms with Crippen LogP contribution in [0, 0.1) is 34.3 Å². The van der Waals surface area contributed by atoms with Gasteiger partial charge in [0.15, 0.2) is 11.6 Å². The van der Waals surface area contributed by atoms with Crippen LogP contribution >= 0.6 is 11.6 Å². The number of halogens is 6. The quantitative estimate of drug-likeness (QED) is 0.241. The fraction of sp³-hybridized carbons (Fsp3) is 0.444. The summed E-state index contributed by atoms with van der Waals surface area (Å²) in [6, 6.07) is 18.9. The minimum Gasteiger partial charge on any atom is -0.404 e. The predicted molar refractivity (Wildman–Crippen MR) is 175 cm³/mol. The monoisotopic (exact) mass is 687 g/mol. The van der Waals surface area contributed by atoms with Crippen molar-refractivity contribution in [2.75, 3.05) is 39.3 Å². The van der Waals surface area contributed by atoms with E-state index in [9.17, 15) is 22.0 Å². The standard InChI is InChI=1S/C13H13F3N2O.C12H12F2N2.C11H14ClN/c14-13(15,16)19-12-7-10(1-2-11(12)8-17)9-3-5-18-6-4-9;13-11-9(7-15)1-2-10(12(11)14)8-3-5-16-6-4-8;12-11-3-1-9(2-4-11)10-5-7-13-8-6-10/h1-2,7,9,18H,3-6H2;1-2,8,16H,3-6H2;1-4,10,13H,5-8H2. The Hall–Kier alpha value is -3.74. The van der Waals surface area contributed by atoms with Gasteiger partial charge < -0.3 is 20.7 Å². The average Bonchev–Trinajstić information content (AvgIpc) is 3.11. The Morgan fingerprint density at radius 3 is 1.58 bits per heavy atom. The molecule has 3 aliphatic heterocycles. The zero-order valence-electron chi connectivity index (χ0n) is 26.5. The van der Waals surface area contributed by atoms with Gasteiger partial charge in [-0.15, -0.1) is 13.2 Å². The smallest absolute Gasteiger partial charge is 0.404 e. The summed E-state index contributed by atoms with van der Waals surface area (Å²) >= 11 is 5.84. The highest BCUT2D eigenvalue weighted by atomic mass is 35.5. The number of piperidine rings is 3. The highest BCUT2D eigenvalue weighted by Gasteiger charge is 2.32. The lowest BCUT2D eigenvalue weighted by molar-refractivity contribution is -0.274. The minimum absolute atomic E-state index is 0.0588. The first kappa shape index (κ1) is 37.1. The van der Waals surface area contributed by atoms with E-state index in [4.69, 9.17) is 22.1 Å². The van der Waals surface area contributed by atoms with E-state index in [2.05, 4.69) is 32.8 Å². The highest BCUT2D eigenvalue weighted by molar-refractivity contribution is 6.30. The molecule has 12 heteroatoms. The van der Waals surface area contributed by atoms with Crippen molar-refractivity contribution < 1.29 is 26.7 Å². The molecule has 3 heterocycles. The third kappa shape index (κ3) is 10.9. The van der Waals surface area contributed by atoms with Gasteiger partial charge in [0, 0.05) is 5.02 Å². The maximum Gasteiger partial charge on any atom is 0.573 e. The van der Waals surface area contributed by atoms with Crippen LogP contribution in [-0.2, 0) is 0 Å². The van der Waals surface area contributed by atoms with Crippen LogP contribution in [0.3, 0.4) is 0 Å². The summed E-state index contributed by atoms with van der Waals surface area (Å²) < 4.78 is 67.9. The number of nitrogens with one attached hydrogen (secondary N) is 3. The molecule has 3 saturated heterocycles. The van der Waals surface area contributed by atoms with Crippen molar-refractivity contribution in [1.29, 1.82) is 10.5 Å². The molecule has 3 aromatic carbocycles. The van der Waals surface area contributed by atoms with Crippen molar-refractivity contribution in [1.82, 2.24) is 16.0 Å². The van der Waals surface area contributed by atoms with E-state index in [0.29, 0.717) is 5.56 Å². The number of nitrogens with zero attached hydrogens (tertiary/aromatic N) is 2. The lowest BCUT2D eigenvalue weighted by Gasteiger charge is -2.23. The number of hydrogen-bond donors (Lipinski definition) is 3. The fourth-order valence-corrected chi connectivity index (χ4v) is 6.36. The first-order valence-corrected chi connectivity index (χ1v) is 16.5. The zero-order chi connectivity index (χ0) is 34.5. The summed E-state index contributed by atoms with van der Waals surface area (Å²) in [5.74, 6) is -1.28. The molecule has 48 heavy (non-hydrogen) atoms. The molecule has 0 aliphatic carbocycles. The van der Waals surface area contributed by atoms with Crippen LogP contribution < -0.4 is 20.7 Å². The number of ether oxygens (including phenoxy) is 1. The van der Waals surface area contributed by atoms with Crippen LogP contribution in [0.15, 0.2) is 54.6 Å². The fourth-order valence-electron chi connectivity index (χ4n) is 6.24. The molecule has 3 aromatic rings. The number of rotatable bonds is 4. The molecule has 3 fully saturated rings. The number of hydrogen-bond acceptors (Lipinski definition) is 6. The summed E-state index contributed by atoms with van der Waals surface area (Å²) in [7, 11) is 0. The van der Waals surface area contributed by atoms with Gasteiger partial charge in [-0.2, -0.15) is 10.5 Å². The van der Waals surface area contributed by atoms with Gasteiger partial charge in [-0.3, -0.25) is 0 Å². The van der Waals surface area contributed by atoms with Crippen molar-refractivity contribution in [2.45, 2.75) is 62.6 Å². The van der Waals surface area contributed by atoms with Crippen molar-refractivity contribution >= 4 is 11.6 Å². The van der Waals surface area contributed by atoms with Gasteiger partial charge >= 0.3 is 6.36 Å². The summed E-state index contributed by atoms with van der Waals surface area (Å²) in [5, 5.41) is 28.0. The number of alkyl halides is 3. The van der Waals surface area contributed by atoms with E-state index in [0.717, 1.165) is 81.5 Å². The summed E-state index contributed by atoms with van der Waals surface area (Å²) in [6.45, 7) is 5.64. The number of benzene rings is 3. The molecule has 0 amide bonds. The van der Waals surface area contributed by atoms with Gasteiger partial charge in [-0.1, -0.05) is 35.9 Å². The van der Waals surface area contributed by atoms with Gasteiger partial charge in [-0.25, -0.2) is 8.78 Å². The normalized spacial score (nSPS) is 17.5. The lowest BCUT2D eigenvalue weighted by atomic mass is 9.89. The Balaban J connectivity index is 0.000000165. The first-order chi connectivity index (χ1) is 23.1. The van der Waals surface area contributed by atoms with Crippen LogP contribution in [0.25, 0.3) is 0 Å². The molecular weight excluding hydrogens is 649 g/mol. The number of nitriles is 2. The van der Waals surface area contributed by atoms with Gasteiger partial charge in [-0.05, 0) is 143 Å². The largest absolute Gasteiger partial charge is 0.573 e. The third-order valence-electron chi connectivity index (χ3n) is 8.85. The van der Waals surface area contributed by atoms with Crippen LogP contribution in [0.5, 0.6) is 5.75 Å². The Kier molecular flexibility index (Phi) is 14.0. The molecule has 6 nitrogen and oxygen atoms in total. The Morgan fingerprint density at radius 2 is 1.08 bits per heavy atom. The molecule has 256 valence electrons. The van der Waals surface area contributed by atoms with E-state index in [1.165, 1.54) is 42.7 Å².